The quantitative estimate of drug-likeness (QED) is 0.803. The number of fused-ring (bicyclic) bond motifs is 1. The van der Waals surface area contributed by atoms with Gasteiger partial charge in [-0.3, -0.25) is 4.79 Å². The maximum Gasteiger partial charge on any atom is 0.269 e. The van der Waals surface area contributed by atoms with Gasteiger partial charge in [-0.1, -0.05) is 16.6 Å². The second-order valence-corrected chi connectivity index (χ2v) is 6.29. The minimum atomic E-state index is -0.171. The van der Waals surface area contributed by atoms with E-state index in [0.717, 1.165) is 53.7 Å². The molecule has 0 radical (unpaired) electrons. The van der Waals surface area contributed by atoms with Crippen LogP contribution >= 0.6 is 11.5 Å². The van der Waals surface area contributed by atoms with Crippen LogP contribution in [0.3, 0.4) is 0 Å². The molecule has 0 fully saturated rings. The zero-order chi connectivity index (χ0) is 15.8. The lowest BCUT2D eigenvalue weighted by molar-refractivity contribution is 0.103. The summed E-state index contributed by atoms with van der Waals surface area (Å²) in [5.74, 6) is 0.987. The Hall–Kier alpha value is -2.54. The van der Waals surface area contributed by atoms with E-state index in [2.05, 4.69) is 24.5 Å². The highest BCUT2D eigenvalue weighted by atomic mass is 32.1. The van der Waals surface area contributed by atoms with E-state index in [0.29, 0.717) is 10.6 Å². The van der Waals surface area contributed by atoms with Crippen molar-refractivity contribution in [3.63, 3.8) is 0 Å². The lowest BCUT2D eigenvalue weighted by Crippen LogP contribution is -2.11. The molecule has 3 aromatic rings. The third-order valence-corrected chi connectivity index (χ3v) is 4.84. The molecule has 1 aliphatic heterocycles. The van der Waals surface area contributed by atoms with Crippen LogP contribution in [-0.2, 0) is 13.0 Å². The van der Waals surface area contributed by atoms with Crippen molar-refractivity contribution >= 4 is 23.1 Å². The average Bonchev–Trinajstić information content (AvgIpc) is 3.24. The van der Waals surface area contributed by atoms with Crippen molar-refractivity contribution in [1.29, 1.82) is 0 Å². The number of carbonyl (C=O) groups is 1. The zero-order valence-electron chi connectivity index (χ0n) is 12.6. The number of amides is 1. The summed E-state index contributed by atoms with van der Waals surface area (Å²) in [7, 11) is 0. The van der Waals surface area contributed by atoms with Crippen LogP contribution in [0.1, 0.15) is 27.6 Å². The van der Waals surface area contributed by atoms with Crippen molar-refractivity contribution in [3.05, 3.63) is 46.9 Å². The van der Waals surface area contributed by atoms with Crippen molar-refractivity contribution in [3.8, 4) is 11.3 Å². The molecule has 2 aromatic heterocycles. The van der Waals surface area contributed by atoms with Gasteiger partial charge in [0.25, 0.3) is 5.91 Å². The summed E-state index contributed by atoms with van der Waals surface area (Å²) < 4.78 is 6.05. The van der Waals surface area contributed by atoms with E-state index >= 15 is 0 Å². The molecule has 1 aromatic carbocycles. The van der Waals surface area contributed by atoms with E-state index in [1.54, 1.807) is 6.92 Å². The summed E-state index contributed by atoms with van der Waals surface area (Å²) in [6.07, 6.45) is 4.14. The van der Waals surface area contributed by atoms with Crippen molar-refractivity contribution in [2.75, 3.05) is 5.32 Å². The van der Waals surface area contributed by atoms with Gasteiger partial charge in [0.15, 0.2) is 0 Å². The SMILES string of the molecule is Cc1nnsc1C(=O)Nc1ccc(-c2cnc3n2CCC3)cc1. The van der Waals surface area contributed by atoms with E-state index in [-0.39, 0.29) is 5.91 Å². The van der Waals surface area contributed by atoms with E-state index < -0.39 is 0 Å². The lowest BCUT2D eigenvalue weighted by atomic mass is 10.1. The predicted molar refractivity (Wildman–Crippen MR) is 88.6 cm³/mol. The third kappa shape index (κ3) is 2.53. The first-order chi connectivity index (χ1) is 11.2. The Labute approximate surface area is 137 Å². The molecular formula is C16H15N5OS. The fourth-order valence-corrected chi connectivity index (χ4v) is 3.39. The van der Waals surface area contributed by atoms with Crippen LogP contribution < -0.4 is 5.32 Å². The summed E-state index contributed by atoms with van der Waals surface area (Å²) in [5, 5.41) is 6.74. The molecule has 0 unspecified atom stereocenters. The number of imidazole rings is 1. The standard InChI is InChI=1S/C16H15N5OS/c1-10-15(23-20-19-10)16(22)18-12-6-4-11(5-7-12)13-9-17-14-3-2-8-21(13)14/h4-7,9H,2-3,8H2,1H3,(H,18,22). The second-order valence-electron chi connectivity index (χ2n) is 5.53. The number of anilines is 1. The Kier molecular flexibility index (Phi) is 3.42. The van der Waals surface area contributed by atoms with Crippen LogP contribution in [-0.4, -0.2) is 25.0 Å². The van der Waals surface area contributed by atoms with Gasteiger partial charge in [0.2, 0.25) is 0 Å². The zero-order valence-corrected chi connectivity index (χ0v) is 13.4. The van der Waals surface area contributed by atoms with Gasteiger partial charge in [-0.05, 0) is 42.6 Å². The van der Waals surface area contributed by atoms with Gasteiger partial charge in [0, 0.05) is 18.7 Å². The summed E-state index contributed by atoms with van der Waals surface area (Å²) in [6.45, 7) is 2.81. The first kappa shape index (κ1) is 14.1. The van der Waals surface area contributed by atoms with Crippen molar-refractivity contribution in [2.45, 2.75) is 26.3 Å². The highest BCUT2D eigenvalue weighted by Crippen LogP contribution is 2.26. The van der Waals surface area contributed by atoms with Gasteiger partial charge in [-0.25, -0.2) is 4.98 Å². The maximum absolute atomic E-state index is 12.2. The Morgan fingerprint density at radius 2 is 2.13 bits per heavy atom. The molecular weight excluding hydrogens is 310 g/mol. The van der Waals surface area contributed by atoms with Crippen LogP contribution in [0.2, 0.25) is 0 Å². The maximum atomic E-state index is 12.2. The summed E-state index contributed by atoms with van der Waals surface area (Å²) in [5.41, 5.74) is 3.66. The van der Waals surface area contributed by atoms with Gasteiger partial charge >= 0.3 is 0 Å². The molecule has 0 bridgehead atoms. The van der Waals surface area contributed by atoms with Crippen molar-refractivity contribution in [1.82, 2.24) is 19.1 Å². The lowest BCUT2D eigenvalue weighted by Gasteiger charge is -2.07. The minimum Gasteiger partial charge on any atom is -0.328 e. The second kappa shape index (κ2) is 5.58. The molecule has 0 spiro atoms. The first-order valence-electron chi connectivity index (χ1n) is 7.47. The third-order valence-electron chi connectivity index (χ3n) is 4.02. The normalized spacial score (nSPS) is 13.1. The number of aromatic nitrogens is 4. The number of hydrogen-bond acceptors (Lipinski definition) is 5. The van der Waals surface area contributed by atoms with Crippen LogP contribution in [0.25, 0.3) is 11.3 Å². The molecule has 4 rings (SSSR count). The molecule has 0 saturated heterocycles. The van der Waals surface area contributed by atoms with E-state index in [9.17, 15) is 4.79 Å². The topological polar surface area (TPSA) is 72.7 Å². The van der Waals surface area contributed by atoms with Crippen LogP contribution in [0.5, 0.6) is 0 Å². The number of nitrogens with one attached hydrogen (secondary N) is 1. The number of nitrogens with zero attached hydrogens (tertiary/aromatic N) is 4. The van der Waals surface area contributed by atoms with E-state index in [1.165, 1.54) is 0 Å². The Bertz CT molecular complexity index is 865. The molecule has 0 atom stereocenters. The molecule has 116 valence electrons. The Balaban J connectivity index is 1.54. The van der Waals surface area contributed by atoms with Crippen LogP contribution in [0.4, 0.5) is 5.69 Å². The van der Waals surface area contributed by atoms with Gasteiger partial charge in [-0.15, -0.1) is 5.10 Å². The fraction of sp³-hybridized carbons (Fsp3) is 0.250. The Morgan fingerprint density at radius 1 is 1.30 bits per heavy atom. The monoisotopic (exact) mass is 325 g/mol. The van der Waals surface area contributed by atoms with Crippen LogP contribution in [0, 0.1) is 6.92 Å². The molecule has 3 heterocycles. The summed E-state index contributed by atoms with van der Waals surface area (Å²) >= 11 is 1.11. The van der Waals surface area contributed by atoms with Gasteiger partial charge < -0.3 is 9.88 Å². The predicted octanol–water partition coefficient (Wildman–Crippen LogP) is 2.91. The molecule has 6 nitrogen and oxygen atoms in total. The molecule has 7 heteroatoms. The van der Waals surface area contributed by atoms with Gasteiger partial charge in [0.1, 0.15) is 10.7 Å². The van der Waals surface area contributed by atoms with Crippen molar-refractivity contribution in [2.24, 2.45) is 0 Å². The molecule has 1 N–H and O–H groups in total. The molecule has 1 amide bonds. The van der Waals surface area contributed by atoms with E-state index in [4.69, 9.17) is 0 Å². The number of carbonyl (C=O) groups excluding carboxylic acids is 1. The highest BCUT2D eigenvalue weighted by Gasteiger charge is 2.17. The summed E-state index contributed by atoms with van der Waals surface area (Å²) in [6, 6.07) is 7.84. The summed E-state index contributed by atoms with van der Waals surface area (Å²) in [4.78, 5) is 17.2. The smallest absolute Gasteiger partial charge is 0.269 e. The van der Waals surface area contributed by atoms with Crippen molar-refractivity contribution < 1.29 is 4.79 Å². The highest BCUT2D eigenvalue weighted by molar-refractivity contribution is 7.08. The molecule has 0 aliphatic carbocycles. The van der Waals surface area contributed by atoms with E-state index in [1.807, 2.05) is 30.5 Å². The number of hydrogen-bond donors (Lipinski definition) is 1. The fourth-order valence-electron chi connectivity index (χ4n) is 2.84. The largest absolute Gasteiger partial charge is 0.328 e. The number of benzene rings is 1. The minimum absolute atomic E-state index is 0.171. The molecule has 1 aliphatic rings. The molecule has 0 saturated carbocycles. The van der Waals surface area contributed by atoms with Gasteiger partial charge in [0.05, 0.1) is 17.6 Å². The van der Waals surface area contributed by atoms with Crippen LogP contribution in [0.15, 0.2) is 30.5 Å². The average molecular weight is 325 g/mol. The number of aryl methyl sites for hydroxylation is 2. The number of rotatable bonds is 3. The first-order valence-corrected chi connectivity index (χ1v) is 8.25. The molecule has 23 heavy (non-hydrogen) atoms. The van der Waals surface area contributed by atoms with Gasteiger partial charge in [-0.2, -0.15) is 0 Å². The Morgan fingerprint density at radius 3 is 2.87 bits per heavy atom.